The molecule has 2 heteroatoms. The Kier molecular flexibility index (Phi) is 3.18. The van der Waals surface area contributed by atoms with E-state index < -0.39 is 0 Å². The molecule has 1 heterocycles. The van der Waals surface area contributed by atoms with E-state index in [1.165, 1.54) is 26.0 Å². The van der Waals surface area contributed by atoms with Gasteiger partial charge in [-0.3, -0.25) is 0 Å². The number of fused-ring (bicyclic) bond motifs is 3. The van der Waals surface area contributed by atoms with E-state index in [4.69, 9.17) is 0 Å². The molecule has 0 saturated heterocycles. The molecule has 1 nitrogen and oxygen atoms in total. The lowest BCUT2D eigenvalue weighted by molar-refractivity contribution is -0.664. The van der Waals surface area contributed by atoms with Crippen molar-refractivity contribution in [1.29, 1.82) is 0 Å². The Bertz CT molecular complexity index is 780. The van der Waals surface area contributed by atoms with E-state index in [0.29, 0.717) is 0 Å². The van der Waals surface area contributed by atoms with Gasteiger partial charge in [0.2, 0.25) is 5.52 Å². The lowest BCUT2D eigenvalue weighted by atomic mass is 10.1. The van der Waals surface area contributed by atoms with Crippen LogP contribution >= 0.6 is 11.3 Å². The van der Waals surface area contributed by atoms with Crippen LogP contribution in [0.1, 0.15) is 11.9 Å². The SMILES string of the molecule is C=CC=Cc1sc2ccc3ccccc3c2[n+]1CC. The second-order valence-corrected chi connectivity index (χ2v) is 5.48. The summed E-state index contributed by atoms with van der Waals surface area (Å²) in [6.45, 7) is 6.91. The summed E-state index contributed by atoms with van der Waals surface area (Å²) in [6.07, 6.45) is 5.96. The minimum absolute atomic E-state index is 0.977. The summed E-state index contributed by atoms with van der Waals surface area (Å²) in [5.74, 6) is 0. The Morgan fingerprint density at radius 3 is 2.84 bits per heavy atom. The molecule has 0 atom stereocenters. The lowest BCUT2D eigenvalue weighted by Crippen LogP contribution is -2.33. The highest BCUT2D eigenvalue weighted by atomic mass is 32.1. The summed E-state index contributed by atoms with van der Waals surface area (Å²) in [6, 6.07) is 13.0. The van der Waals surface area contributed by atoms with Gasteiger partial charge in [-0.2, -0.15) is 4.57 Å². The van der Waals surface area contributed by atoms with Crippen LogP contribution in [0, 0.1) is 0 Å². The lowest BCUT2D eigenvalue weighted by Gasteiger charge is -1.97. The van der Waals surface area contributed by atoms with Crippen LogP contribution in [0.15, 0.2) is 55.1 Å². The highest BCUT2D eigenvalue weighted by Crippen LogP contribution is 2.28. The van der Waals surface area contributed by atoms with Gasteiger partial charge in [0.25, 0.3) is 5.01 Å². The van der Waals surface area contributed by atoms with E-state index in [-0.39, 0.29) is 0 Å². The van der Waals surface area contributed by atoms with Crippen molar-refractivity contribution in [2.75, 3.05) is 0 Å². The molecule has 0 spiro atoms. The van der Waals surface area contributed by atoms with Crippen LogP contribution < -0.4 is 4.57 Å². The molecule has 0 aliphatic carbocycles. The van der Waals surface area contributed by atoms with E-state index in [1.807, 2.05) is 23.5 Å². The first-order valence-electron chi connectivity index (χ1n) is 6.48. The van der Waals surface area contributed by atoms with Crippen molar-refractivity contribution in [3.63, 3.8) is 0 Å². The zero-order chi connectivity index (χ0) is 13.2. The van der Waals surface area contributed by atoms with Crippen molar-refractivity contribution in [1.82, 2.24) is 0 Å². The third-order valence-corrected chi connectivity index (χ3v) is 4.42. The molecule has 0 aliphatic rings. The van der Waals surface area contributed by atoms with Gasteiger partial charge in [-0.05, 0) is 24.4 Å². The second kappa shape index (κ2) is 4.98. The molecule has 0 saturated carbocycles. The van der Waals surface area contributed by atoms with Gasteiger partial charge >= 0.3 is 0 Å². The maximum atomic E-state index is 3.74. The van der Waals surface area contributed by atoms with Gasteiger partial charge in [-0.1, -0.05) is 54.3 Å². The van der Waals surface area contributed by atoms with Crippen molar-refractivity contribution in [2.24, 2.45) is 0 Å². The molecule has 19 heavy (non-hydrogen) atoms. The van der Waals surface area contributed by atoms with E-state index in [9.17, 15) is 0 Å². The fourth-order valence-electron chi connectivity index (χ4n) is 2.46. The van der Waals surface area contributed by atoms with E-state index in [0.717, 1.165) is 6.54 Å². The highest BCUT2D eigenvalue weighted by molar-refractivity contribution is 7.19. The molecule has 0 aliphatic heterocycles. The van der Waals surface area contributed by atoms with Crippen molar-refractivity contribution in [2.45, 2.75) is 13.5 Å². The monoisotopic (exact) mass is 266 g/mol. The van der Waals surface area contributed by atoms with Gasteiger partial charge in [0.05, 0.1) is 5.39 Å². The van der Waals surface area contributed by atoms with Gasteiger partial charge in [0.15, 0.2) is 0 Å². The van der Waals surface area contributed by atoms with Crippen molar-refractivity contribution < 1.29 is 4.57 Å². The molecular formula is C17H16NS+. The Labute approximate surface area is 117 Å². The standard InChI is InChI=1S/C17H16NS/c1-3-5-10-16-18(4-2)17-14-9-7-6-8-13(14)11-12-15(17)19-16/h3,5-12H,1,4H2,2H3/q+1. The quantitative estimate of drug-likeness (QED) is 0.483. The molecule has 2 aromatic carbocycles. The number of benzene rings is 2. The summed E-state index contributed by atoms with van der Waals surface area (Å²) in [5.41, 5.74) is 1.34. The normalized spacial score (nSPS) is 11.6. The summed E-state index contributed by atoms with van der Waals surface area (Å²) in [4.78, 5) is 0. The molecule has 0 N–H and O–H groups in total. The van der Waals surface area contributed by atoms with Crippen LogP contribution in [0.4, 0.5) is 0 Å². The number of allylic oxidation sites excluding steroid dienone is 2. The number of rotatable bonds is 3. The number of aryl methyl sites for hydroxylation is 1. The molecule has 0 unspecified atom stereocenters. The zero-order valence-electron chi connectivity index (χ0n) is 11.0. The molecule has 0 bridgehead atoms. The van der Waals surface area contributed by atoms with Crippen molar-refractivity contribution >= 4 is 38.4 Å². The molecule has 0 fully saturated rings. The third kappa shape index (κ3) is 1.98. The number of hydrogen-bond donors (Lipinski definition) is 0. The minimum atomic E-state index is 0.977. The van der Waals surface area contributed by atoms with Crippen molar-refractivity contribution in [3.8, 4) is 0 Å². The maximum Gasteiger partial charge on any atom is 0.262 e. The Hall–Kier alpha value is -1.93. The molecule has 0 radical (unpaired) electrons. The fraction of sp³-hybridized carbons (Fsp3) is 0.118. The Balaban J connectivity index is 2.41. The smallest absolute Gasteiger partial charge is 0.182 e. The predicted octanol–water partition coefficient (Wildman–Crippen LogP) is 4.56. The Morgan fingerprint density at radius 1 is 1.21 bits per heavy atom. The summed E-state index contributed by atoms with van der Waals surface area (Å²) < 4.78 is 3.71. The number of nitrogens with zero attached hydrogens (tertiary/aromatic N) is 1. The van der Waals surface area contributed by atoms with E-state index in [1.54, 1.807) is 0 Å². The average Bonchev–Trinajstić information content (AvgIpc) is 2.83. The van der Waals surface area contributed by atoms with Crippen LogP contribution in [-0.4, -0.2) is 0 Å². The van der Waals surface area contributed by atoms with E-state index >= 15 is 0 Å². The molecule has 0 amide bonds. The van der Waals surface area contributed by atoms with Crippen LogP contribution in [0.2, 0.25) is 0 Å². The van der Waals surface area contributed by atoms with Gasteiger partial charge in [0, 0.05) is 6.08 Å². The predicted molar refractivity (Wildman–Crippen MR) is 84.4 cm³/mol. The maximum absolute atomic E-state index is 3.74. The third-order valence-electron chi connectivity index (χ3n) is 3.31. The van der Waals surface area contributed by atoms with Gasteiger partial charge in [-0.15, -0.1) is 0 Å². The first-order valence-corrected chi connectivity index (χ1v) is 7.30. The van der Waals surface area contributed by atoms with Crippen molar-refractivity contribution in [3.05, 3.63) is 60.1 Å². The summed E-state index contributed by atoms with van der Waals surface area (Å²) in [5, 5.41) is 3.90. The molecule has 94 valence electrons. The summed E-state index contributed by atoms with van der Waals surface area (Å²) >= 11 is 1.83. The molecule has 3 aromatic rings. The summed E-state index contributed by atoms with van der Waals surface area (Å²) in [7, 11) is 0. The zero-order valence-corrected chi connectivity index (χ0v) is 11.8. The topological polar surface area (TPSA) is 3.88 Å². The fourth-order valence-corrected chi connectivity index (χ4v) is 3.62. The van der Waals surface area contributed by atoms with Crippen LogP contribution in [-0.2, 0) is 6.54 Å². The van der Waals surface area contributed by atoms with Gasteiger partial charge in [0.1, 0.15) is 11.2 Å². The van der Waals surface area contributed by atoms with Gasteiger partial charge in [-0.25, -0.2) is 0 Å². The highest BCUT2D eigenvalue weighted by Gasteiger charge is 2.19. The minimum Gasteiger partial charge on any atom is -0.182 e. The Morgan fingerprint density at radius 2 is 2.05 bits per heavy atom. The van der Waals surface area contributed by atoms with Crippen LogP contribution in [0.5, 0.6) is 0 Å². The number of thiazole rings is 1. The molecular weight excluding hydrogens is 250 g/mol. The number of aromatic nitrogens is 1. The molecule has 1 aromatic heterocycles. The first kappa shape index (κ1) is 12.1. The largest absolute Gasteiger partial charge is 0.262 e. The second-order valence-electron chi connectivity index (χ2n) is 4.41. The average molecular weight is 266 g/mol. The van der Waals surface area contributed by atoms with Crippen LogP contribution in [0.25, 0.3) is 27.1 Å². The molecule has 3 rings (SSSR count). The first-order chi connectivity index (χ1) is 9.35. The van der Waals surface area contributed by atoms with Gasteiger partial charge < -0.3 is 0 Å². The van der Waals surface area contributed by atoms with E-state index in [2.05, 4.69) is 60.5 Å². The van der Waals surface area contributed by atoms with Crippen LogP contribution in [0.3, 0.4) is 0 Å². The number of hydrogen-bond acceptors (Lipinski definition) is 1.